The predicted molar refractivity (Wildman–Crippen MR) is 96.4 cm³/mol. The molecular weight excluding hydrogens is 388 g/mol. The molecule has 126 valence electrons. The average Bonchev–Trinajstić information content (AvgIpc) is 2.63. The second kappa shape index (κ2) is 6.92. The highest BCUT2D eigenvalue weighted by Crippen LogP contribution is 2.30. The van der Waals surface area contributed by atoms with Crippen LogP contribution in [0.4, 0.5) is 0 Å². The number of amides is 1. The van der Waals surface area contributed by atoms with Crippen molar-refractivity contribution in [1.82, 2.24) is 5.43 Å². The van der Waals surface area contributed by atoms with E-state index in [1.165, 1.54) is 18.2 Å². The second-order valence-electron chi connectivity index (χ2n) is 5.19. The van der Waals surface area contributed by atoms with Crippen molar-refractivity contribution in [2.45, 2.75) is 0 Å². The van der Waals surface area contributed by atoms with E-state index < -0.39 is 11.9 Å². The third kappa shape index (κ3) is 3.33. The number of hydrogen-bond acceptors (Lipinski definition) is 5. The molecule has 0 radical (unpaired) electrons. The van der Waals surface area contributed by atoms with Crippen LogP contribution in [0.1, 0.15) is 20.7 Å². The summed E-state index contributed by atoms with van der Waals surface area (Å²) in [6, 6.07) is 14.5. The number of benzene rings is 3. The maximum Gasteiger partial charge on any atom is 0.343 e. The number of esters is 1. The monoisotopic (exact) mass is 400 g/mol. The molecule has 0 saturated carbocycles. The first-order chi connectivity index (χ1) is 12.0. The molecule has 0 aliphatic carbocycles. The zero-order valence-corrected chi connectivity index (χ0v) is 14.4. The first-order valence-corrected chi connectivity index (χ1v) is 8.04. The van der Waals surface area contributed by atoms with Crippen molar-refractivity contribution in [2.75, 3.05) is 0 Å². The first-order valence-electron chi connectivity index (χ1n) is 7.24. The molecule has 7 heteroatoms. The zero-order chi connectivity index (χ0) is 18.0. The molecule has 25 heavy (non-hydrogen) atoms. The van der Waals surface area contributed by atoms with E-state index in [0.29, 0.717) is 26.6 Å². The molecule has 0 spiro atoms. The van der Waals surface area contributed by atoms with Crippen LogP contribution in [0.2, 0.25) is 0 Å². The molecule has 0 fully saturated rings. The molecule has 3 aromatic rings. The van der Waals surface area contributed by atoms with E-state index in [-0.39, 0.29) is 11.3 Å². The van der Waals surface area contributed by atoms with Crippen LogP contribution in [0, 0.1) is 0 Å². The molecule has 0 bridgehead atoms. The summed E-state index contributed by atoms with van der Waals surface area (Å²) in [5.41, 5.74) is 2.75. The molecule has 0 unspecified atom stereocenters. The van der Waals surface area contributed by atoms with Gasteiger partial charge in [-0.05, 0) is 51.6 Å². The zero-order valence-electron chi connectivity index (χ0n) is 12.8. The van der Waals surface area contributed by atoms with Crippen molar-refractivity contribution in [3.63, 3.8) is 0 Å². The van der Waals surface area contributed by atoms with Gasteiger partial charge in [-0.3, -0.25) is 10.2 Å². The van der Waals surface area contributed by atoms with E-state index >= 15 is 0 Å². The Morgan fingerprint density at radius 3 is 2.44 bits per heavy atom. The van der Waals surface area contributed by atoms with E-state index in [4.69, 9.17) is 10.6 Å². The number of nitrogens with one attached hydrogen (secondary N) is 1. The quantitative estimate of drug-likeness (QED) is 0.206. The summed E-state index contributed by atoms with van der Waals surface area (Å²) in [5.74, 6) is 4.54. The number of fused-ring (bicyclic) bond motifs is 1. The SMILES string of the molecule is NNC(=O)c1ccc(OC(=O)c2ccc(O)c(Br)c2)c2ccccc12. The van der Waals surface area contributed by atoms with Gasteiger partial charge in [0.15, 0.2) is 0 Å². The Morgan fingerprint density at radius 1 is 1.04 bits per heavy atom. The van der Waals surface area contributed by atoms with Gasteiger partial charge in [0.05, 0.1) is 10.0 Å². The second-order valence-corrected chi connectivity index (χ2v) is 6.04. The lowest BCUT2D eigenvalue weighted by molar-refractivity contribution is 0.0737. The number of aromatic hydroxyl groups is 1. The average molecular weight is 401 g/mol. The minimum atomic E-state index is -0.582. The summed E-state index contributed by atoms with van der Waals surface area (Å²) in [7, 11) is 0. The highest BCUT2D eigenvalue weighted by atomic mass is 79.9. The van der Waals surface area contributed by atoms with Crippen LogP contribution in [0.25, 0.3) is 10.8 Å². The first kappa shape index (κ1) is 16.9. The molecule has 0 aromatic heterocycles. The van der Waals surface area contributed by atoms with Gasteiger partial charge in [-0.15, -0.1) is 0 Å². The molecule has 3 rings (SSSR count). The number of nitrogen functional groups attached to an aromatic ring is 1. The smallest absolute Gasteiger partial charge is 0.343 e. The molecule has 4 N–H and O–H groups in total. The van der Waals surface area contributed by atoms with Crippen molar-refractivity contribution in [3.05, 3.63) is 70.2 Å². The lowest BCUT2D eigenvalue weighted by Gasteiger charge is -2.11. The summed E-state index contributed by atoms with van der Waals surface area (Å²) in [4.78, 5) is 24.3. The lowest BCUT2D eigenvalue weighted by Crippen LogP contribution is -2.30. The third-order valence-corrected chi connectivity index (χ3v) is 4.28. The fourth-order valence-corrected chi connectivity index (χ4v) is 2.81. The van der Waals surface area contributed by atoms with Crippen LogP contribution in [-0.2, 0) is 0 Å². The minimum Gasteiger partial charge on any atom is -0.507 e. The number of hydrazine groups is 1. The Morgan fingerprint density at radius 2 is 1.76 bits per heavy atom. The van der Waals surface area contributed by atoms with Crippen molar-refractivity contribution in [3.8, 4) is 11.5 Å². The van der Waals surface area contributed by atoms with Gasteiger partial charge in [-0.1, -0.05) is 24.3 Å². The number of rotatable bonds is 3. The number of phenols is 1. The fraction of sp³-hybridized carbons (Fsp3) is 0. The van der Waals surface area contributed by atoms with Crippen LogP contribution < -0.4 is 16.0 Å². The summed E-state index contributed by atoms with van der Waals surface area (Å²) < 4.78 is 5.86. The van der Waals surface area contributed by atoms with Crippen LogP contribution >= 0.6 is 15.9 Å². The summed E-state index contributed by atoms with van der Waals surface area (Å²) in [5, 5.41) is 10.7. The van der Waals surface area contributed by atoms with Gasteiger partial charge in [0.1, 0.15) is 11.5 Å². The number of ether oxygens (including phenoxy) is 1. The Labute approximate surface area is 151 Å². The van der Waals surface area contributed by atoms with Crippen LogP contribution in [0.15, 0.2) is 59.1 Å². The Bertz CT molecular complexity index is 988. The molecule has 0 aliphatic heterocycles. The van der Waals surface area contributed by atoms with E-state index in [9.17, 15) is 14.7 Å². The van der Waals surface area contributed by atoms with Gasteiger partial charge in [0, 0.05) is 10.9 Å². The molecular formula is C18H13BrN2O4. The topological polar surface area (TPSA) is 102 Å². The van der Waals surface area contributed by atoms with E-state index in [1.807, 2.05) is 0 Å². The maximum absolute atomic E-state index is 12.4. The molecule has 0 heterocycles. The van der Waals surface area contributed by atoms with Gasteiger partial charge in [0.25, 0.3) is 5.91 Å². The minimum absolute atomic E-state index is 0.0270. The molecule has 1 amide bonds. The molecule has 3 aromatic carbocycles. The van der Waals surface area contributed by atoms with Gasteiger partial charge in [0.2, 0.25) is 0 Å². The van der Waals surface area contributed by atoms with Gasteiger partial charge >= 0.3 is 5.97 Å². The lowest BCUT2D eigenvalue weighted by atomic mass is 10.0. The van der Waals surface area contributed by atoms with E-state index in [0.717, 1.165) is 0 Å². The normalized spacial score (nSPS) is 10.5. The summed E-state index contributed by atoms with van der Waals surface area (Å²) in [6.45, 7) is 0. The summed E-state index contributed by atoms with van der Waals surface area (Å²) in [6.07, 6.45) is 0. The molecule has 0 atom stereocenters. The van der Waals surface area contributed by atoms with Crippen LogP contribution in [-0.4, -0.2) is 17.0 Å². The number of carbonyl (C=O) groups is 2. The van der Waals surface area contributed by atoms with Crippen molar-refractivity contribution in [2.24, 2.45) is 5.84 Å². The van der Waals surface area contributed by atoms with Gasteiger partial charge in [-0.2, -0.15) is 0 Å². The standard InChI is InChI=1S/C18H13BrN2O4/c19-14-9-10(5-7-15(14)22)18(24)25-16-8-6-13(17(23)21-20)11-3-1-2-4-12(11)16/h1-9,22H,20H2,(H,21,23). The number of carbonyl (C=O) groups excluding carboxylic acids is 2. The Balaban J connectivity index is 2.00. The fourth-order valence-electron chi connectivity index (χ4n) is 2.43. The Hall–Kier alpha value is -2.90. The predicted octanol–water partition coefficient (Wildman–Crippen LogP) is 3.13. The van der Waals surface area contributed by atoms with E-state index in [1.54, 1.807) is 36.4 Å². The van der Waals surface area contributed by atoms with Gasteiger partial charge in [-0.25, -0.2) is 10.6 Å². The maximum atomic E-state index is 12.4. The van der Waals surface area contributed by atoms with Crippen LogP contribution in [0.5, 0.6) is 11.5 Å². The molecule has 0 saturated heterocycles. The number of nitrogens with two attached hydrogens (primary N) is 1. The van der Waals surface area contributed by atoms with Gasteiger partial charge < -0.3 is 9.84 Å². The molecule has 0 aliphatic rings. The molecule has 6 nitrogen and oxygen atoms in total. The van der Waals surface area contributed by atoms with E-state index in [2.05, 4.69) is 21.4 Å². The number of hydrogen-bond donors (Lipinski definition) is 3. The summed E-state index contributed by atoms with van der Waals surface area (Å²) >= 11 is 3.16. The highest BCUT2D eigenvalue weighted by molar-refractivity contribution is 9.10. The van der Waals surface area contributed by atoms with Crippen LogP contribution in [0.3, 0.4) is 0 Å². The van der Waals surface area contributed by atoms with Crippen molar-refractivity contribution in [1.29, 1.82) is 0 Å². The van der Waals surface area contributed by atoms with Crippen molar-refractivity contribution >= 4 is 38.6 Å². The number of phenolic OH excluding ortho intramolecular Hbond substituents is 1. The number of halogens is 1. The largest absolute Gasteiger partial charge is 0.507 e. The third-order valence-electron chi connectivity index (χ3n) is 3.65. The highest BCUT2D eigenvalue weighted by Gasteiger charge is 2.16. The Kier molecular flexibility index (Phi) is 4.69. The van der Waals surface area contributed by atoms with Crippen molar-refractivity contribution < 1.29 is 19.4 Å².